The molecule has 2 nitrogen and oxygen atoms in total. The summed E-state index contributed by atoms with van der Waals surface area (Å²) < 4.78 is 0. The van der Waals surface area contributed by atoms with Crippen LogP contribution >= 0.6 is 0 Å². The Kier molecular flexibility index (Phi) is 2.59. The van der Waals surface area contributed by atoms with Gasteiger partial charge in [0.2, 0.25) is 0 Å². The number of benzene rings is 2. The van der Waals surface area contributed by atoms with E-state index in [-0.39, 0.29) is 0 Å². The molecule has 2 aromatic rings. The highest BCUT2D eigenvalue weighted by atomic mass is 16.3. The molecule has 0 atom stereocenters. The first-order valence-corrected chi connectivity index (χ1v) is 4.80. The average Bonchev–Trinajstić information content (AvgIpc) is 2.31. The van der Waals surface area contributed by atoms with E-state index in [0.29, 0.717) is 5.69 Å². The van der Waals surface area contributed by atoms with Crippen LogP contribution in [-0.4, -0.2) is 0 Å². The molecule has 0 aromatic heterocycles. The molecule has 0 radical (unpaired) electrons. The van der Waals surface area contributed by atoms with Crippen molar-refractivity contribution in [3.8, 4) is 11.1 Å². The van der Waals surface area contributed by atoms with Gasteiger partial charge in [0.15, 0.2) is 0 Å². The maximum atomic E-state index is 10.6. The zero-order chi connectivity index (χ0) is 10.7. The third kappa shape index (κ3) is 1.94. The van der Waals surface area contributed by atoms with Crippen molar-refractivity contribution < 1.29 is 0 Å². The van der Waals surface area contributed by atoms with Crippen LogP contribution in [0, 0.1) is 11.8 Å². The van der Waals surface area contributed by atoms with E-state index in [1.807, 2.05) is 55.5 Å². The largest absolute Gasteiger partial charge is 0.145 e. The van der Waals surface area contributed by atoms with Crippen LogP contribution in [0.15, 0.2) is 53.7 Å². The molecule has 2 aromatic carbocycles. The summed E-state index contributed by atoms with van der Waals surface area (Å²) in [6, 6.07) is 15.7. The Morgan fingerprint density at radius 1 is 0.933 bits per heavy atom. The van der Waals surface area contributed by atoms with E-state index < -0.39 is 0 Å². The number of rotatable bonds is 2. The first-order chi connectivity index (χ1) is 7.31. The van der Waals surface area contributed by atoms with Crippen LogP contribution < -0.4 is 0 Å². The maximum Gasteiger partial charge on any atom is 0.111 e. The quantitative estimate of drug-likeness (QED) is 0.667. The summed E-state index contributed by atoms with van der Waals surface area (Å²) in [6.45, 7) is 1.88. The minimum absolute atomic E-state index is 0.511. The van der Waals surface area contributed by atoms with E-state index in [1.54, 1.807) is 0 Å². The van der Waals surface area contributed by atoms with Gasteiger partial charge in [-0.1, -0.05) is 42.5 Å². The van der Waals surface area contributed by atoms with Gasteiger partial charge >= 0.3 is 0 Å². The third-order valence-electron chi connectivity index (χ3n) is 2.41. The predicted octanol–water partition coefficient (Wildman–Crippen LogP) is 4.06. The summed E-state index contributed by atoms with van der Waals surface area (Å²) in [5.74, 6) is 0. The van der Waals surface area contributed by atoms with Crippen molar-refractivity contribution in [3.05, 3.63) is 59.0 Å². The molecule has 0 unspecified atom stereocenters. The summed E-state index contributed by atoms with van der Waals surface area (Å²) in [7, 11) is 0. The number of nitroso groups, excluding NO2 is 1. The topological polar surface area (TPSA) is 29.4 Å². The van der Waals surface area contributed by atoms with Gasteiger partial charge in [-0.15, -0.1) is 4.91 Å². The first kappa shape index (κ1) is 9.59. The van der Waals surface area contributed by atoms with E-state index >= 15 is 0 Å². The van der Waals surface area contributed by atoms with Crippen molar-refractivity contribution in [3.63, 3.8) is 0 Å². The lowest BCUT2D eigenvalue weighted by atomic mass is 10.0. The molecule has 0 bridgehead atoms. The molecule has 0 aliphatic heterocycles. The summed E-state index contributed by atoms with van der Waals surface area (Å²) in [4.78, 5) is 10.6. The molecule has 0 saturated carbocycles. The van der Waals surface area contributed by atoms with Crippen molar-refractivity contribution in [1.29, 1.82) is 0 Å². The average molecular weight is 197 g/mol. The molecular formula is C13H11NO. The van der Waals surface area contributed by atoms with Gasteiger partial charge in [0, 0.05) is 0 Å². The molecule has 2 rings (SSSR count). The predicted molar refractivity (Wildman–Crippen MR) is 62.1 cm³/mol. The van der Waals surface area contributed by atoms with Crippen LogP contribution in [0.4, 0.5) is 5.69 Å². The van der Waals surface area contributed by atoms with Crippen molar-refractivity contribution >= 4 is 5.69 Å². The molecule has 0 saturated heterocycles. The molecule has 0 aliphatic rings. The Labute approximate surface area is 88.5 Å². The second-order valence-corrected chi connectivity index (χ2v) is 3.46. The molecular weight excluding hydrogens is 186 g/mol. The molecule has 0 fully saturated rings. The standard InChI is InChI=1S/C13H11NO/c1-10-7-8-12(9-13(10)14-15)11-5-3-2-4-6-11/h2-9H,1H3. The van der Waals surface area contributed by atoms with E-state index in [9.17, 15) is 4.91 Å². The molecule has 74 valence electrons. The van der Waals surface area contributed by atoms with Crippen LogP contribution in [0.5, 0.6) is 0 Å². The van der Waals surface area contributed by atoms with E-state index in [1.165, 1.54) is 0 Å². The zero-order valence-electron chi connectivity index (χ0n) is 8.47. The smallest absolute Gasteiger partial charge is 0.111 e. The van der Waals surface area contributed by atoms with Gasteiger partial charge in [-0.25, -0.2) is 0 Å². The van der Waals surface area contributed by atoms with Gasteiger partial charge < -0.3 is 0 Å². The fraction of sp³-hybridized carbons (Fsp3) is 0.0769. The molecule has 0 heterocycles. The summed E-state index contributed by atoms with van der Waals surface area (Å²) >= 11 is 0. The second kappa shape index (κ2) is 4.05. The Bertz CT molecular complexity index is 477. The lowest BCUT2D eigenvalue weighted by Gasteiger charge is -2.03. The molecule has 0 spiro atoms. The van der Waals surface area contributed by atoms with Gasteiger partial charge in [-0.2, -0.15) is 0 Å². The molecule has 0 aliphatic carbocycles. The Morgan fingerprint density at radius 3 is 2.33 bits per heavy atom. The Hall–Kier alpha value is -1.96. The molecule has 15 heavy (non-hydrogen) atoms. The van der Waals surface area contributed by atoms with Crippen LogP contribution in [0.2, 0.25) is 0 Å². The third-order valence-corrected chi connectivity index (χ3v) is 2.41. The highest BCUT2D eigenvalue weighted by molar-refractivity contribution is 5.68. The fourth-order valence-corrected chi connectivity index (χ4v) is 1.52. The Balaban J connectivity index is 2.51. The summed E-state index contributed by atoms with van der Waals surface area (Å²) in [5.41, 5.74) is 3.54. The van der Waals surface area contributed by atoms with Crippen molar-refractivity contribution in [2.45, 2.75) is 6.92 Å². The van der Waals surface area contributed by atoms with Crippen LogP contribution in [0.3, 0.4) is 0 Å². The minimum Gasteiger partial charge on any atom is -0.145 e. The number of aryl methyl sites for hydroxylation is 1. The lowest BCUT2D eigenvalue weighted by molar-refractivity contribution is 1.38. The van der Waals surface area contributed by atoms with Crippen molar-refractivity contribution in [1.82, 2.24) is 0 Å². The summed E-state index contributed by atoms with van der Waals surface area (Å²) in [5, 5.41) is 3.01. The number of hydrogen-bond acceptors (Lipinski definition) is 2. The van der Waals surface area contributed by atoms with Gasteiger partial charge in [0.1, 0.15) is 5.69 Å². The minimum atomic E-state index is 0.511. The van der Waals surface area contributed by atoms with E-state index in [4.69, 9.17) is 0 Å². The highest BCUT2D eigenvalue weighted by Crippen LogP contribution is 2.26. The maximum absolute atomic E-state index is 10.6. The van der Waals surface area contributed by atoms with Gasteiger partial charge in [0.05, 0.1) is 0 Å². The second-order valence-electron chi connectivity index (χ2n) is 3.46. The lowest BCUT2D eigenvalue weighted by Crippen LogP contribution is -1.79. The van der Waals surface area contributed by atoms with Gasteiger partial charge in [-0.05, 0) is 34.9 Å². The van der Waals surface area contributed by atoms with Crippen molar-refractivity contribution in [2.24, 2.45) is 5.18 Å². The normalized spacial score (nSPS) is 9.93. The summed E-state index contributed by atoms with van der Waals surface area (Å²) in [6.07, 6.45) is 0. The molecule has 0 N–H and O–H groups in total. The first-order valence-electron chi connectivity index (χ1n) is 4.80. The van der Waals surface area contributed by atoms with Crippen LogP contribution in [-0.2, 0) is 0 Å². The number of nitrogens with zero attached hydrogens (tertiary/aromatic N) is 1. The van der Waals surface area contributed by atoms with Crippen LogP contribution in [0.1, 0.15) is 5.56 Å². The molecule has 2 heteroatoms. The van der Waals surface area contributed by atoms with E-state index in [0.717, 1.165) is 16.7 Å². The zero-order valence-corrected chi connectivity index (χ0v) is 8.47. The SMILES string of the molecule is Cc1ccc(-c2ccccc2)cc1N=O. The van der Waals surface area contributed by atoms with E-state index in [2.05, 4.69) is 5.18 Å². The monoisotopic (exact) mass is 197 g/mol. The highest BCUT2D eigenvalue weighted by Gasteiger charge is 2.01. The van der Waals surface area contributed by atoms with Crippen LogP contribution in [0.25, 0.3) is 11.1 Å². The van der Waals surface area contributed by atoms with Gasteiger partial charge in [-0.3, -0.25) is 0 Å². The molecule has 0 amide bonds. The van der Waals surface area contributed by atoms with Crippen molar-refractivity contribution in [2.75, 3.05) is 0 Å². The fourth-order valence-electron chi connectivity index (χ4n) is 1.52. The van der Waals surface area contributed by atoms with Gasteiger partial charge in [0.25, 0.3) is 0 Å². The number of hydrogen-bond donors (Lipinski definition) is 0. The Morgan fingerprint density at radius 2 is 1.67 bits per heavy atom.